The van der Waals surface area contributed by atoms with Crippen molar-refractivity contribution in [3.8, 4) is 0 Å². The Labute approximate surface area is 125 Å². The maximum atomic E-state index is 11.6. The first kappa shape index (κ1) is 17.8. The molecule has 0 aliphatic heterocycles. The van der Waals surface area contributed by atoms with Crippen LogP contribution >= 0.6 is 0 Å². The number of aliphatic hydroxyl groups is 2. The summed E-state index contributed by atoms with van der Waals surface area (Å²) in [5.41, 5.74) is 5.63. The Hall–Kier alpha value is -2.24. The molecule has 0 bridgehead atoms. The minimum atomic E-state index is -1.42. The lowest BCUT2D eigenvalue weighted by atomic mass is 10.2. The summed E-state index contributed by atoms with van der Waals surface area (Å²) < 4.78 is 5.23. The van der Waals surface area contributed by atoms with Gasteiger partial charge in [-0.05, 0) is 13.8 Å². The van der Waals surface area contributed by atoms with Crippen molar-refractivity contribution in [1.29, 1.82) is 0 Å². The molecule has 2 amide bonds. The highest BCUT2D eigenvalue weighted by atomic mass is 16.4. The second-order valence-corrected chi connectivity index (χ2v) is 4.66. The monoisotopic (exact) mass is 317 g/mol. The Bertz CT molecular complexity index is 519. The maximum Gasteiger partial charge on any atom is 0.328 e. The molecule has 124 valence electrons. The van der Waals surface area contributed by atoms with Crippen LogP contribution in [0.25, 0.3) is 0 Å². The number of hydrogen-bond donors (Lipinski definition) is 6. The maximum absolute atomic E-state index is 11.6. The van der Waals surface area contributed by atoms with E-state index in [1.807, 2.05) is 0 Å². The number of nitrogens with one attached hydrogen (secondary N) is 2. The molecule has 4 unspecified atom stereocenters. The summed E-state index contributed by atoms with van der Waals surface area (Å²) in [6.07, 6.45) is -0.888. The largest absolute Gasteiger partial charge is 0.480 e. The van der Waals surface area contributed by atoms with E-state index in [4.69, 9.17) is 20.4 Å². The number of carbonyl (C=O) groups is 2. The van der Waals surface area contributed by atoms with E-state index in [0.29, 0.717) is 0 Å². The molecule has 0 aromatic carbocycles. The summed E-state index contributed by atoms with van der Waals surface area (Å²) >= 11 is 0. The highest BCUT2D eigenvalue weighted by molar-refractivity contribution is 5.82. The minimum Gasteiger partial charge on any atom is -0.480 e. The third kappa shape index (κ3) is 4.65. The molecule has 0 spiro atoms. The second kappa shape index (κ2) is 7.68. The third-order valence-corrected chi connectivity index (χ3v) is 2.77. The van der Waals surface area contributed by atoms with E-state index in [2.05, 4.69) is 20.8 Å². The van der Waals surface area contributed by atoms with E-state index in [0.717, 1.165) is 0 Å². The normalized spacial score (nSPS) is 16.4. The van der Waals surface area contributed by atoms with Gasteiger partial charge in [-0.15, -0.1) is 10.2 Å². The van der Waals surface area contributed by atoms with E-state index in [-0.39, 0.29) is 11.8 Å². The summed E-state index contributed by atoms with van der Waals surface area (Å²) in [7, 11) is 0. The minimum absolute atomic E-state index is 0.0119. The number of aliphatic carboxylic acids is 1. The molecule has 4 atom stereocenters. The van der Waals surface area contributed by atoms with Crippen LogP contribution in [0.15, 0.2) is 4.42 Å². The first-order chi connectivity index (χ1) is 10.3. The SMILES string of the molecule is CC(NC(=O)NC(CO)C(=O)O)c1nnc(C(N)C(C)O)o1. The molecule has 0 aliphatic rings. The van der Waals surface area contributed by atoms with E-state index >= 15 is 0 Å². The molecule has 0 radical (unpaired) electrons. The van der Waals surface area contributed by atoms with Crippen molar-refractivity contribution in [2.75, 3.05) is 6.61 Å². The van der Waals surface area contributed by atoms with E-state index in [1.165, 1.54) is 13.8 Å². The number of nitrogens with two attached hydrogens (primary N) is 1. The molecular formula is C11H19N5O6. The number of carbonyl (C=O) groups excluding carboxylic acids is 1. The zero-order chi connectivity index (χ0) is 16.9. The fourth-order valence-corrected chi connectivity index (χ4v) is 1.41. The molecule has 1 aromatic rings. The molecule has 11 nitrogen and oxygen atoms in total. The quantitative estimate of drug-likeness (QED) is 0.339. The molecule has 7 N–H and O–H groups in total. The average Bonchev–Trinajstić information content (AvgIpc) is 2.93. The summed E-state index contributed by atoms with van der Waals surface area (Å²) in [6.45, 7) is 2.25. The molecule has 1 rings (SSSR count). The molecule has 0 saturated carbocycles. The fourth-order valence-electron chi connectivity index (χ4n) is 1.41. The highest BCUT2D eigenvalue weighted by Crippen LogP contribution is 2.16. The fraction of sp³-hybridized carbons (Fsp3) is 0.636. The topological polar surface area (TPSA) is 184 Å². The van der Waals surface area contributed by atoms with Crippen molar-refractivity contribution in [2.45, 2.75) is 38.1 Å². The predicted octanol–water partition coefficient (Wildman–Crippen LogP) is -1.74. The van der Waals surface area contributed by atoms with Crippen molar-refractivity contribution in [3.63, 3.8) is 0 Å². The molecule has 11 heteroatoms. The molecule has 0 saturated heterocycles. The molecule has 0 fully saturated rings. The van der Waals surface area contributed by atoms with Crippen LogP contribution in [0.4, 0.5) is 4.79 Å². The third-order valence-electron chi connectivity index (χ3n) is 2.77. The average molecular weight is 317 g/mol. The van der Waals surface area contributed by atoms with Crippen LogP contribution in [-0.2, 0) is 4.79 Å². The van der Waals surface area contributed by atoms with Crippen LogP contribution in [0.5, 0.6) is 0 Å². The number of carboxylic acids is 1. The number of aromatic nitrogens is 2. The highest BCUT2D eigenvalue weighted by Gasteiger charge is 2.24. The standard InChI is InChI=1S/C11H19N5O6/c1-4(13-11(21)14-6(3-17)10(19)20)8-15-16-9(22-8)7(12)5(2)18/h4-7,17-18H,3,12H2,1-2H3,(H,19,20)(H2,13,14,21). The van der Waals surface area contributed by atoms with Crippen molar-refractivity contribution < 1.29 is 29.3 Å². The molecule has 1 heterocycles. The lowest BCUT2D eigenvalue weighted by molar-refractivity contribution is -0.140. The Kier molecular flexibility index (Phi) is 6.22. The summed E-state index contributed by atoms with van der Waals surface area (Å²) in [5, 5.41) is 38.6. The number of aliphatic hydroxyl groups excluding tert-OH is 2. The Balaban J connectivity index is 2.63. The Morgan fingerprint density at radius 3 is 2.36 bits per heavy atom. The number of urea groups is 1. The van der Waals surface area contributed by atoms with E-state index < -0.39 is 42.8 Å². The number of hydrogen-bond acceptors (Lipinski definition) is 8. The van der Waals surface area contributed by atoms with Crippen LogP contribution < -0.4 is 16.4 Å². The van der Waals surface area contributed by atoms with Crippen LogP contribution in [0.3, 0.4) is 0 Å². The zero-order valence-electron chi connectivity index (χ0n) is 12.1. The first-order valence-corrected chi connectivity index (χ1v) is 6.43. The van der Waals surface area contributed by atoms with Gasteiger partial charge in [0.25, 0.3) is 0 Å². The summed E-state index contributed by atoms with van der Waals surface area (Å²) in [5.74, 6) is -1.32. The summed E-state index contributed by atoms with van der Waals surface area (Å²) in [4.78, 5) is 22.3. The smallest absolute Gasteiger partial charge is 0.328 e. The van der Waals surface area contributed by atoms with Crippen LogP contribution in [0.1, 0.15) is 37.7 Å². The first-order valence-electron chi connectivity index (χ1n) is 6.43. The van der Waals surface area contributed by atoms with Gasteiger partial charge in [0.2, 0.25) is 11.8 Å². The van der Waals surface area contributed by atoms with Crippen LogP contribution in [0, 0.1) is 0 Å². The van der Waals surface area contributed by atoms with Crippen molar-refractivity contribution in [1.82, 2.24) is 20.8 Å². The van der Waals surface area contributed by atoms with Gasteiger partial charge in [-0.3, -0.25) is 0 Å². The van der Waals surface area contributed by atoms with Gasteiger partial charge in [0.1, 0.15) is 12.1 Å². The zero-order valence-corrected chi connectivity index (χ0v) is 12.1. The van der Waals surface area contributed by atoms with E-state index in [9.17, 15) is 14.7 Å². The van der Waals surface area contributed by atoms with Gasteiger partial charge in [0.05, 0.1) is 12.7 Å². The van der Waals surface area contributed by atoms with Gasteiger partial charge >= 0.3 is 12.0 Å². The van der Waals surface area contributed by atoms with Crippen LogP contribution in [0.2, 0.25) is 0 Å². The van der Waals surface area contributed by atoms with Crippen molar-refractivity contribution in [2.24, 2.45) is 5.73 Å². The van der Waals surface area contributed by atoms with Gasteiger partial charge in [0.15, 0.2) is 6.04 Å². The second-order valence-electron chi connectivity index (χ2n) is 4.66. The lowest BCUT2D eigenvalue weighted by Gasteiger charge is -2.15. The Morgan fingerprint density at radius 1 is 1.27 bits per heavy atom. The van der Waals surface area contributed by atoms with Crippen molar-refractivity contribution in [3.05, 3.63) is 11.8 Å². The van der Waals surface area contributed by atoms with Gasteiger partial charge < -0.3 is 36.1 Å². The van der Waals surface area contributed by atoms with Crippen molar-refractivity contribution >= 4 is 12.0 Å². The number of amides is 2. The predicted molar refractivity (Wildman–Crippen MR) is 71.5 cm³/mol. The van der Waals surface area contributed by atoms with Gasteiger partial charge in [0, 0.05) is 0 Å². The Morgan fingerprint density at radius 2 is 1.86 bits per heavy atom. The van der Waals surface area contributed by atoms with Gasteiger partial charge in [-0.1, -0.05) is 0 Å². The van der Waals surface area contributed by atoms with E-state index in [1.54, 1.807) is 0 Å². The van der Waals surface area contributed by atoms with Crippen LogP contribution in [-0.4, -0.2) is 56.3 Å². The van der Waals surface area contributed by atoms with Gasteiger partial charge in [-0.25, -0.2) is 9.59 Å². The lowest BCUT2D eigenvalue weighted by Crippen LogP contribution is -2.48. The molecule has 1 aromatic heterocycles. The molecule has 0 aliphatic carbocycles. The number of nitrogens with zero attached hydrogens (tertiary/aromatic N) is 2. The van der Waals surface area contributed by atoms with Gasteiger partial charge in [-0.2, -0.15) is 0 Å². The summed E-state index contributed by atoms with van der Waals surface area (Å²) in [6, 6.07) is -3.83. The number of carboxylic acid groups (broad SMARTS) is 1. The molecular weight excluding hydrogens is 298 g/mol. The molecule has 22 heavy (non-hydrogen) atoms. The number of rotatable bonds is 7.